The normalized spacial score (nSPS) is 23.0. The van der Waals surface area contributed by atoms with Gasteiger partial charge in [0.25, 0.3) is 5.91 Å². The maximum Gasteiger partial charge on any atom is 0.276 e. The maximum absolute atomic E-state index is 12.8. The van der Waals surface area contributed by atoms with E-state index < -0.39 is 6.10 Å². The minimum Gasteiger partial charge on any atom is -0.494 e. The summed E-state index contributed by atoms with van der Waals surface area (Å²) < 4.78 is 5.25. The van der Waals surface area contributed by atoms with Gasteiger partial charge in [-0.2, -0.15) is 0 Å². The Morgan fingerprint density at radius 1 is 1.19 bits per heavy atom. The van der Waals surface area contributed by atoms with Gasteiger partial charge in [-0.15, -0.1) is 0 Å². The lowest BCUT2D eigenvalue weighted by atomic mass is 9.94. The number of amides is 1. The van der Waals surface area contributed by atoms with E-state index in [-0.39, 0.29) is 11.9 Å². The van der Waals surface area contributed by atoms with E-state index in [9.17, 15) is 9.90 Å². The number of nitrogens with zero attached hydrogens (tertiary/aromatic N) is 3. The van der Waals surface area contributed by atoms with Crippen molar-refractivity contribution in [3.63, 3.8) is 0 Å². The highest BCUT2D eigenvalue weighted by molar-refractivity contribution is 5.95. The molecule has 2 aliphatic rings. The fourth-order valence-electron chi connectivity index (χ4n) is 4.20. The third-order valence-electron chi connectivity index (χ3n) is 5.66. The number of carbonyl (C=O) groups excluding carboxylic acids is 1. The molecule has 142 valence electrons. The summed E-state index contributed by atoms with van der Waals surface area (Å²) in [5, 5.41) is 10.8. The molecular formula is C21H25N3O3. The van der Waals surface area contributed by atoms with Gasteiger partial charge in [0.05, 0.1) is 13.2 Å². The number of carbonyl (C=O) groups is 1. The minimum atomic E-state index is -0.567. The number of hydrogen-bond acceptors (Lipinski definition) is 5. The van der Waals surface area contributed by atoms with Gasteiger partial charge in [-0.25, -0.2) is 4.98 Å². The summed E-state index contributed by atoms with van der Waals surface area (Å²) in [6, 6.07) is 12.1. The average molecular weight is 367 g/mol. The first-order valence-electron chi connectivity index (χ1n) is 9.44. The highest BCUT2D eigenvalue weighted by atomic mass is 16.5. The quantitative estimate of drug-likeness (QED) is 0.895. The van der Waals surface area contributed by atoms with Gasteiger partial charge in [-0.05, 0) is 36.1 Å². The molecular weight excluding hydrogens is 342 g/mol. The van der Waals surface area contributed by atoms with Gasteiger partial charge in [-0.1, -0.05) is 24.3 Å². The van der Waals surface area contributed by atoms with Gasteiger partial charge >= 0.3 is 0 Å². The van der Waals surface area contributed by atoms with E-state index >= 15 is 0 Å². The number of ether oxygens (including phenoxy) is 1. The number of likely N-dealkylation sites (tertiary alicyclic amines) is 1. The van der Waals surface area contributed by atoms with Gasteiger partial charge in [-0.3, -0.25) is 9.69 Å². The fourth-order valence-corrected chi connectivity index (χ4v) is 4.20. The van der Waals surface area contributed by atoms with Crippen LogP contribution in [0.3, 0.4) is 0 Å². The van der Waals surface area contributed by atoms with E-state index in [0.29, 0.717) is 24.5 Å². The number of methoxy groups -OCH3 is 1. The molecule has 6 heteroatoms. The number of β-amino-alcohol motifs (C(OH)–C–C–N with tert-alkyl or cyclic N) is 1. The van der Waals surface area contributed by atoms with Crippen molar-refractivity contribution in [1.82, 2.24) is 14.8 Å². The number of fused-ring (bicyclic) bond motifs is 1. The van der Waals surface area contributed by atoms with E-state index in [1.165, 1.54) is 18.2 Å². The van der Waals surface area contributed by atoms with Gasteiger partial charge in [0.2, 0.25) is 0 Å². The third kappa shape index (κ3) is 3.55. The highest BCUT2D eigenvalue weighted by Gasteiger charge is 2.36. The van der Waals surface area contributed by atoms with Gasteiger partial charge in [0.15, 0.2) is 5.69 Å². The molecule has 1 aromatic heterocycles. The monoisotopic (exact) mass is 367 g/mol. The van der Waals surface area contributed by atoms with E-state index in [4.69, 9.17) is 4.74 Å². The van der Waals surface area contributed by atoms with Crippen LogP contribution in [0.2, 0.25) is 0 Å². The lowest BCUT2D eigenvalue weighted by Crippen LogP contribution is -2.56. The number of aliphatic hydroxyl groups is 1. The summed E-state index contributed by atoms with van der Waals surface area (Å²) in [6.07, 6.45) is 2.78. The zero-order valence-electron chi connectivity index (χ0n) is 15.5. The van der Waals surface area contributed by atoms with Crippen molar-refractivity contribution < 1.29 is 14.6 Å². The Balaban J connectivity index is 1.43. The number of pyridine rings is 1. The van der Waals surface area contributed by atoms with Crippen LogP contribution in [-0.2, 0) is 13.0 Å². The van der Waals surface area contributed by atoms with Crippen LogP contribution in [0.5, 0.6) is 5.75 Å². The molecule has 2 aliphatic heterocycles. The van der Waals surface area contributed by atoms with Crippen LogP contribution >= 0.6 is 0 Å². The van der Waals surface area contributed by atoms with Gasteiger partial charge < -0.3 is 14.7 Å². The lowest BCUT2D eigenvalue weighted by molar-refractivity contribution is -0.0140. The Hall–Kier alpha value is -2.44. The smallest absolute Gasteiger partial charge is 0.276 e. The Labute approximate surface area is 159 Å². The van der Waals surface area contributed by atoms with Crippen molar-refractivity contribution in [3.05, 3.63) is 59.4 Å². The second-order valence-electron chi connectivity index (χ2n) is 7.22. The van der Waals surface area contributed by atoms with E-state index in [2.05, 4.69) is 34.1 Å². The van der Waals surface area contributed by atoms with E-state index in [0.717, 1.165) is 25.9 Å². The molecule has 2 atom stereocenters. The van der Waals surface area contributed by atoms with Crippen molar-refractivity contribution in [2.24, 2.45) is 0 Å². The predicted molar refractivity (Wildman–Crippen MR) is 102 cm³/mol. The number of hydrogen-bond donors (Lipinski definition) is 1. The molecule has 4 rings (SSSR count). The van der Waals surface area contributed by atoms with Crippen molar-refractivity contribution in [3.8, 4) is 5.75 Å². The fraction of sp³-hybridized carbons (Fsp3) is 0.429. The number of benzene rings is 1. The van der Waals surface area contributed by atoms with Crippen LogP contribution < -0.4 is 4.74 Å². The number of piperidine rings is 1. The van der Waals surface area contributed by atoms with Crippen LogP contribution in [0.25, 0.3) is 0 Å². The predicted octanol–water partition coefficient (Wildman–Crippen LogP) is 1.72. The zero-order chi connectivity index (χ0) is 18.8. The molecule has 1 N–H and O–H groups in total. The summed E-state index contributed by atoms with van der Waals surface area (Å²) in [5.74, 6) is 0.278. The SMILES string of the molecule is COc1cccnc1C(=O)N1CC[C@@H](N2CCc3ccccc3C2)[C@H](O)C1. The molecule has 27 heavy (non-hydrogen) atoms. The molecule has 1 fully saturated rings. The summed E-state index contributed by atoms with van der Waals surface area (Å²) in [7, 11) is 1.53. The highest BCUT2D eigenvalue weighted by Crippen LogP contribution is 2.26. The maximum atomic E-state index is 12.8. The summed E-state index contributed by atoms with van der Waals surface area (Å²) >= 11 is 0. The molecule has 1 amide bonds. The number of rotatable bonds is 3. The Kier molecular flexibility index (Phi) is 5.09. The van der Waals surface area contributed by atoms with E-state index in [1.54, 1.807) is 23.2 Å². The molecule has 2 aromatic rings. The van der Waals surface area contributed by atoms with Crippen LogP contribution in [0.4, 0.5) is 0 Å². The van der Waals surface area contributed by atoms with Crippen LogP contribution in [0.15, 0.2) is 42.6 Å². The molecule has 3 heterocycles. The molecule has 1 aromatic carbocycles. The molecule has 1 saturated heterocycles. The molecule has 0 radical (unpaired) electrons. The molecule has 0 bridgehead atoms. The number of aliphatic hydroxyl groups excluding tert-OH is 1. The van der Waals surface area contributed by atoms with Gasteiger partial charge in [0, 0.05) is 38.4 Å². The van der Waals surface area contributed by atoms with Crippen LogP contribution in [0, 0.1) is 0 Å². The Bertz CT molecular complexity index is 826. The van der Waals surface area contributed by atoms with Crippen LogP contribution in [-0.4, -0.2) is 64.7 Å². The minimum absolute atomic E-state index is 0.0769. The summed E-state index contributed by atoms with van der Waals surface area (Å²) in [5.41, 5.74) is 3.04. The third-order valence-corrected chi connectivity index (χ3v) is 5.66. The van der Waals surface area contributed by atoms with Crippen molar-refractivity contribution in [1.29, 1.82) is 0 Å². The van der Waals surface area contributed by atoms with Crippen molar-refractivity contribution in [2.75, 3.05) is 26.7 Å². The largest absolute Gasteiger partial charge is 0.494 e. The Morgan fingerprint density at radius 2 is 2.00 bits per heavy atom. The Morgan fingerprint density at radius 3 is 2.78 bits per heavy atom. The first-order chi connectivity index (χ1) is 13.2. The molecule has 0 saturated carbocycles. The second kappa shape index (κ2) is 7.66. The first-order valence-corrected chi connectivity index (χ1v) is 9.44. The molecule has 0 aliphatic carbocycles. The average Bonchev–Trinajstić information content (AvgIpc) is 2.72. The molecule has 0 spiro atoms. The zero-order valence-corrected chi connectivity index (χ0v) is 15.5. The lowest BCUT2D eigenvalue weighted by Gasteiger charge is -2.43. The van der Waals surface area contributed by atoms with Crippen molar-refractivity contribution >= 4 is 5.91 Å². The van der Waals surface area contributed by atoms with Crippen molar-refractivity contribution in [2.45, 2.75) is 31.5 Å². The van der Waals surface area contributed by atoms with Crippen LogP contribution in [0.1, 0.15) is 28.0 Å². The number of aromatic nitrogens is 1. The first kappa shape index (κ1) is 17.9. The molecule has 0 unspecified atom stereocenters. The topological polar surface area (TPSA) is 65.9 Å². The van der Waals surface area contributed by atoms with Gasteiger partial charge in [0.1, 0.15) is 5.75 Å². The summed E-state index contributed by atoms with van der Waals surface area (Å²) in [4.78, 5) is 21.0. The van der Waals surface area contributed by atoms with E-state index in [1.807, 2.05) is 0 Å². The summed E-state index contributed by atoms with van der Waals surface area (Å²) in [6.45, 7) is 2.74. The second-order valence-corrected chi connectivity index (χ2v) is 7.22. The standard InChI is InChI=1S/C21H25N3O3/c1-27-19-7-4-10-22-20(19)21(26)24-12-9-17(18(25)14-24)23-11-8-15-5-2-3-6-16(15)13-23/h2-7,10,17-18,25H,8-9,11-14H2,1H3/t17-,18-/m1/s1. The molecule has 6 nitrogen and oxygen atoms in total.